The molecule has 0 spiro atoms. The summed E-state index contributed by atoms with van der Waals surface area (Å²) >= 11 is 1.57. The summed E-state index contributed by atoms with van der Waals surface area (Å²) in [5.41, 5.74) is -0.533. The van der Waals surface area contributed by atoms with Gasteiger partial charge in [0.1, 0.15) is 11.6 Å². The van der Waals surface area contributed by atoms with Crippen LogP contribution in [0.5, 0.6) is 0 Å². The molecular formula is C12H22N2O3S. The van der Waals surface area contributed by atoms with Crippen molar-refractivity contribution in [3.63, 3.8) is 0 Å². The van der Waals surface area contributed by atoms with Crippen molar-refractivity contribution >= 4 is 23.8 Å². The van der Waals surface area contributed by atoms with E-state index in [0.29, 0.717) is 18.2 Å². The molecule has 0 aromatic rings. The number of thioether (sulfide) groups is 1. The minimum Gasteiger partial charge on any atom is -0.444 e. The Morgan fingerprint density at radius 3 is 2.67 bits per heavy atom. The summed E-state index contributed by atoms with van der Waals surface area (Å²) in [5.74, 6) is 1.06. The van der Waals surface area contributed by atoms with Crippen LogP contribution in [0.15, 0.2) is 0 Å². The molecule has 1 saturated heterocycles. The van der Waals surface area contributed by atoms with Crippen LogP contribution in [0.25, 0.3) is 0 Å². The van der Waals surface area contributed by atoms with Gasteiger partial charge in [0.05, 0.1) is 5.88 Å². The van der Waals surface area contributed by atoms with E-state index in [0.717, 1.165) is 6.42 Å². The van der Waals surface area contributed by atoms with Gasteiger partial charge in [0.15, 0.2) is 0 Å². The average molecular weight is 274 g/mol. The zero-order valence-corrected chi connectivity index (χ0v) is 12.3. The van der Waals surface area contributed by atoms with E-state index in [1.54, 1.807) is 11.8 Å². The standard InChI is InChI=1S/C12H22N2O3S/c1-5-6-13-10(15)9-7-18-8-14(9)11(16)17-12(2,3)4/h9H,5-8H2,1-4H3,(H,13,15)/t9-/m1/s1. The second kappa shape index (κ2) is 6.31. The molecule has 1 fully saturated rings. The van der Waals surface area contributed by atoms with Gasteiger partial charge in [0.25, 0.3) is 0 Å². The Bertz CT molecular complexity index is 315. The van der Waals surface area contributed by atoms with Crippen LogP contribution in [0.1, 0.15) is 34.1 Å². The van der Waals surface area contributed by atoms with Crippen molar-refractivity contribution in [3.8, 4) is 0 Å². The Morgan fingerprint density at radius 1 is 1.44 bits per heavy atom. The van der Waals surface area contributed by atoms with Gasteiger partial charge in [-0.1, -0.05) is 6.92 Å². The van der Waals surface area contributed by atoms with Crippen molar-refractivity contribution in [2.24, 2.45) is 0 Å². The fourth-order valence-corrected chi connectivity index (χ4v) is 2.67. The molecule has 0 aromatic heterocycles. The molecule has 1 heterocycles. The predicted molar refractivity (Wildman–Crippen MR) is 72.5 cm³/mol. The molecule has 1 aliphatic rings. The first-order valence-electron chi connectivity index (χ1n) is 6.20. The Balaban J connectivity index is 2.59. The monoisotopic (exact) mass is 274 g/mol. The molecule has 104 valence electrons. The molecule has 0 saturated carbocycles. The molecule has 6 heteroatoms. The quantitative estimate of drug-likeness (QED) is 0.853. The van der Waals surface area contributed by atoms with Crippen molar-refractivity contribution < 1.29 is 14.3 Å². The largest absolute Gasteiger partial charge is 0.444 e. The molecule has 0 aliphatic carbocycles. The van der Waals surface area contributed by atoms with Gasteiger partial charge in [-0.15, -0.1) is 11.8 Å². The molecule has 1 atom stereocenters. The molecular weight excluding hydrogens is 252 g/mol. The highest BCUT2D eigenvalue weighted by Gasteiger charge is 2.36. The normalized spacial score (nSPS) is 19.8. The summed E-state index contributed by atoms with van der Waals surface area (Å²) in [5, 5.41) is 2.82. The van der Waals surface area contributed by atoms with Crippen LogP contribution in [0.3, 0.4) is 0 Å². The van der Waals surface area contributed by atoms with E-state index in [-0.39, 0.29) is 5.91 Å². The Kier molecular flexibility index (Phi) is 5.31. The molecule has 0 bridgehead atoms. The second-order valence-corrected chi connectivity index (χ2v) is 6.26. The molecule has 1 aliphatic heterocycles. The summed E-state index contributed by atoms with van der Waals surface area (Å²) in [6, 6.07) is -0.406. The molecule has 5 nitrogen and oxygen atoms in total. The van der Waals surface area contributed by atoms with Gasteiger partial charge in [-0.05, 0) is 27.2 Å². The summed E-state index contributed by atoms with van der Waals surface area (Å²) in [6.45, 7) is 8.10. The third kappa shape index (κ3) is 4.40. The second-order valence-electron chi connectivity index (χ2n) is 5.26. The number of hydrogen-bond donors (Lipinski definition) is 1. The maximum atomic E-state index is 12.0. The number of rotatable bonds is 3. The zero-order valence-electron chi connectivity index (χ0n) is 11.5. The van der Waals surface area contributed by atoms with Crippen LogP contribution < -0.4 is 5.32 Å². The maximum Gasteiger partial charge on any atom is 0.411 e. The van der Waals surface area contributed by atoms with E-state index in [1.807, 2.05) is 27.7 Å². The molecule has 2 amide bonds. The van der Waals surface area contributed by atoms with Gasteiger partial charge in [-0.2, -0.15) is 0 Å². The highest BCUT2D eigenvalue weighted by molar-refractivity contribution is 7.99. The van der Waals surface area contributed by atoms with Crippen molar-refractivity contribution in [1.82, 2.24) is 10.2 Å². The molecule has 18 heavy (non-hydrogen) atoms. The maximum absolute atomic E-state index is 12.0. The van der Waals surface area contributed by atoms with Gasteiger partial charge in [0.2, 0.25) is 5.91 Å². The van der Waals surface area contributed by atoms with Crippen molar-refractivity contribution in [1.29, 1.82) is 0 Å². The highest BCUT2D eigenvalue weighted by Crippen LogP contribution is 2.23. The minimum absolute atomic E-state index is 0.0901. The van der Waals surface area contributed by atoms with Gasteiger partial charge in [-0.25, -0.2) is 4.79 Å². The van der Waals surface area contributed by atoms with Gasteiger partial charge >= 0.3 is 6.09 Å². The lowest BCUT2D eigenvalue weighted by Gasteiger charge is -2.27. The first kappa shape index (κ1) is 15.1. The van der Waals surface area contributed by atoms with E-state index in [2.05, 4.69) is 5.32 Å². The summed E-state index contributed by atoms with van der Waals surface area (Å²) in [4.78, 5) is 25.4. The molecule has 1 rings (SSSR count). The van der Waals surface area contributed by atoms with Crippen molar-refractivity contribution in [2.75, 3.05) is 18.2 Å². The lowest BCUT2D eigenvalue weighted by atomic mass is 10.2. The number of nitrogens with one attached hydrogen (secondary N) is 1. The number of carbonyl (C=O) groups is 2. The van der Waals surface area contributed by atoms with Crippen LogP contribution in [-0.4, -0.2) is 46.7 Å². The van der Waals surface area contributed by atoms with Crippen LogP contribution in [0, 0.1) is 0 Å². The van der Waals surface area contributed by atoms with Gasteiger partial charge < -0.3 is 10.1 Å². The third-order valence-corrected chi connectivity index (χ3v) is 3.37. The number of amides is 2. The van der Waals surface area contributed by atoms with Crippen molar-refractivity contribution in [3.05, 3.63) is 0 Å². The molecule has 0 unspecified atom stereocenters. The lowest BCUT2D eigenvalue weighted by molar-refractivity contribution is -0.125. The first-order chi connectivity index (χ1) is 8.35. The average Bonchev–Trinajstić information content (AvgIpc) is 2.72. The van der Waals surface area contributed by atoms with Gasteiger partial charge in [0, 0.05) is 12.3 Å². The van der Waals surface area contributed by atoms with Crippen LogP contribution in [0.2, 0.25) is 0 Å². The number of ether oxygens (including phenoxy) is 1. The smallest absolute Gasteiger partial charge is 0.411 e. The number of hydrogen-bond acceptors (Lipinski definition) is 4. The van der Waals surface area contributed by atoms with Gasteiger partial charge in [-0.3, -0.25) is 9.69 Å². The van der Waals surface area contributed by atoms with E-state index in [1.165, 1.54) is 4.90 Å². The SMILES string of the molecule is CCCNC(=O)[C@H]1CSCN1C(=O)OC(C)(C)C. The predicted octanol–water partition coefficient (Wildman–Crippen LogP) is 1.82. The Morgan fingerprint density at radius 2 is 2.11 bits per heavy atom. The van der Waals surface area contributed by atoms with E-state index in [4.69, 9.17) is 4.74 Å². The summed E-state index contributed by atoms with van der Waals surface area (Å²) in [7, 11) is 0. The zero-order chi connectivity index (χ0) is 13.8. The molecule has 1 N–H and O–H groups in total. The fourth-order valence-electron chi connectivity index (χ4n) is 1.53. The fraction of sp³-hybridized carbons (Fsp3) is 0.833. The van der Waals surface area contributed by atoms with E-state index in [9.17, 15) is 9.59 Å². The Hall–Kier alpha value is -0.910. The molecule has 0 aromatic carbocycles. The Labute approximate surface area is 113 Å². The van der Waals surface area contributed by atoms with Crippen molar-refractivity contribution in [2.45, 2.75) is 45.8 Å². The van der Waals surface area contributed by atoms with Crippen LogP contribution >= 0.6 is 11.8 Å². The summed E-state index contributed by atoms with van der Waals surface area (Å²) < 4.78 is 5.30. The topological polar surface area (TPSA) is 58.6 Å². The van der Waals surface area contributed by atoms with Crippen LogP contribution in [0.4, 0.5) is 4.79 Å². The van der Waals surface area contributed by atoms with E-state index >= 15 is 0 Å². The number of nitrogens with zero attached hydrogens (tertiary/aromatic N) is 1. The lowest BCUT2D eigenvalue weighted by Crippen LogP contribution is -2.48. The molecule has 0 radical (unpaired) electrons. The highest BCUT2D eigenvalue weighted by atomic mass is 32.2. The van der Waals surface area contributed by atoms with Crippen LogP contribution in [-0.2, 0) is 9.53 Å². The van der Waals surface area contributed by atoms with E-state index < -0.39 is 17.7 Å². The number of carbonyl (C=O) groups excluding carboxylic acids is 2. The first-order valence-corrected chi connectivity index (χ1v) is 7.35. The summed E-state index contributed by atoms with van der Waals surface area (Å²) in [6.07, 6.45) is 0.474. The third-order valence-electron chi connectivity index (χ3n) is 2.36. The minimum atomic E-state index is -0.533.